The van der Waals surface area contributed by atoms with Crippen LogP contribution in [0.15, 0.2) is 24.3 Å². The quantitative estimate of drug-likeness (QED) is 0.644. The highest BCUT2D eigenvalue weighted by molar-refractivity contribution is 5.80. The third kappa shape index (κ3) is 6.85. The van der Waals surface area contributed by atoms with Gasteiger partial charge in [0.25, 0.3) is 0 Å². The Morgan fingerprint density at radius 2 is 1.84 bits per heavy atom. The molecule has 2 saturated heterocycles. The summed E-state index contributed by atoms with van der Waals surface area (Å²) in [6.07, 6.45) is -0.802. The van der Waals surface area contributed by atoms with Crippen molar-refractivity contribution in [2.75, 3.05) is 57.3 Å². The van der Waals surface area contributed by atoms with E-state index in [0.717, 1.165) is 57.9 Å². The first-order valence-electron chi connectivity index (χ1n) is 11.4. The van der Waals surface area contributed by atoms with E-state index in [-0.39, 0.29) is 17.7 Å². The van der Waals surface area contributed by atoms with E-state index in [4.69, 9.17) is 0 Å². The van der Waals surface area contributed by atoms with Gasteiger partial charge in [0.05, 0.1) is 11.5 Å². The Labute approximate surface area is 187 Å². The minimum Gasteiger partial charge on any atom is -0.369 e. The lowest BCUT2D eigenvalue weighted by atomic mass is 9.97. The first-order chi connectivity index (χ1) is 15.2. The molecule has 1 atom stereocenters. The zero-order valence-electron chi connectivity index (χ0n) is 18.7. The van der Waals surface area contributed by atoms with Gasteiger partial charge in [0, 0.05) is 58.4 Å². The van der Waals surface area contributed by atoms with Gasteiger partial charge in [0.2, 0.25) is 11.8 Å². The van der Waals surface area contributed by atoms with Crippen molar-refractivity contribution < 1.29 is 22.8 Å². The summed E-state index contributed by atoms with van der Waals surface area (Å²) < 4.78 is 38.8. The summed E-state index contributed by atoms with van der Waals surface area (Å²) in [7, 11) is 0. The first-order valence-corrected chi connectivity index (χ1v) is 11.4. The maximum atomic E-state index is 12.9. The van der Waals surface area contributed by atoms with Gasteiger partial charge in [-0.05, 0) is 50.4 Å². The average Bonchev–Trinajstić information content (AvgIpc) is 2.78. The van der Waals surface area contributed by atoms with Crippen LogP contribution in [0.3, 0.4) is 0 Å². The predicted octanol–water partition coefficient (Wildman–Crippen LogP) is 2.98. The van der Waals surface area contributed by atoms with E-state index < -0.39 is 11.7 Å². The van der Waals surface area contributed by atoms with Gasteiger partial charge in [-0.1, -0.05) is 6.07 Å². The molecule has 2 aliphatic heterocycles. The van der Waals surface area contributed by atoms with Crippen LogP contribution >= 0.6 is 0 Å². The molecule has 0 aromatic heterocycles. The van der Waals surface area contributed by atoms with Crippen molar-refractivity contribution in [3.8, 4) is 0 Å². The SMILES string of the molecule is CC(=O)N1CCCC(C(=O)NCCCCN2CCN(c3cccc(C(F)(F)F)c3)CC2)C1. The number of piperidine rings is 1. The number of nitrogens with zero attached hydrogens (tertiary/aromatic N) is 3. The van der Waals surface area contributed by atoms with Crippen LogP contribution in [0.2, 0.25) is 0 Å². The van der Waals surface area contributed by atoms with Crippen LogP contribution in [0.25, 0.3) is 0 Å². The van der Waals surface area contributed by atoms with E-state index >= 15 is 0 Å². The number of nitrogens with one attached hydrogen (secondary N) is 1. The Balaban J connectivity index is 1.31. The maximum absolute atomic E-state index is 12.9. The molecule has 2 fully saturated rings. The average molecular weight is 455 g/mol. The molecule has 1 N–H and O–H groups in total. The number of anilines is 1. The van der Waals surface area contributed by atoms with Gasteiger partial charge in [0.15, 0.2) is 0 Å². The molecule has 2 amide bonds. The number of hydrogen-bond donors (Lipinski definition) is 1. The number of benzene rings is 1. The zero-order valence-corrected chi connectivity index (χ0v) is 18.7. The lowest BCUT2D eigenvalue weighted by Gasteiger charge is -2.36. The lowest BCUT2D eigenvalue weighted by Crippen LogP contribution is -2.47. The third-order valence-corrected chi connectivity index (χ3v) is 6.35. The molecule has 1 aromatic rings. The molecule has 178 valence electrons. The Morgan fingerprint density at radius 3 is 2.53 bits per heavy atom. The van der Waals surface area contributed by atoms with Crippen LogP contribution < -0.4 is 10.2 Å². The summed E-state index contributed by atoms with van der Waals surface area (Å²) in [6.45, 7) is 7.35. The predicted molar refractivity (Wildman–Crippen MR) is 117 cm³/mol. The molecule has 6 nitrogen and oxygen atoms in total. The van der Waals surface area contributed by atoms with E-state index in [1.54, 1.807) is 17.9 Å². The van der Waals surface area contributed by atoms with E-state index in [2.05, 4.69) is 10.2 Å². The number of halogens is 3. The summed E-state index contributed by atoms with van der Waals surface area (Å²) in [4.78, 5) is 29.9. The minimum atomic E-state index is -4.32. The van der Waals surface area contributed by atoms with Gasteiger partial charge in [0.1, 0.15) is 0 Å². The van der Waals surface area contributed by atoms with Crippen molar-refractivity contribution in [2.24, 2.45) is 5.92 Å². The van der Waals surface area contributed by atoms with Crippen molar-refractivity contribution in [3.63, 3.8) is 0 Å². The fraction of sp³-hybridized carbons (Fsp3) is 0.652. The van der Waals surface area contributed by atoms with Crippen LogP contribution in [0.4, 0.5) is 18.9 Å². The largest absolute Gasteiger partial charge is 0.416 e. The van der Waals surface area contributed by atoms with Crippen molar-refractivity contribution in [1.82, 2.24) is 15.1 Å². The monoisotopic (exact) mass is 454 g/mol. The van der Waals surface area contributed by atoms with Gasteiger partial charge >= 0.3 is 6.18 Å². The summed E-state index contributed by atoms with van der Waals surface area (Å²) in [5.41, 5.74) is 0.00921. The van der Waals surface area contributed by atoms with Crippen LogP contribution in [0, 0.1) is 5.92 Å². The fourth-order valence-electron chi connectivity index (χ4n) is 4.40. The first kappa shape index (κ1) is 24.4. The summed E-state index contributed by atoms with van der Waals surface area (Å²) in [6, 6.07) is 5.52. The van der Waals surface area contributed by atoms with Crippen molar-refractivity contribution in [3.05, 3.63) is 29.8 Å². The molecule has 2 aliphatic rings. The molecule has 32 heavy (non-hydrogen) atoms. The highest BCUT2D eigenvalue weighted by atomic mass is 19.4. The standard InChI is InChI=1S/C23H33F3N4O2/c1-18(31)30-11-5-6-19(17-30)22(32)27-9-2-3-10-28-12-14-29(15-13-28)21-8-4-7-20(16-21)23(24,25)26/h4,7-8,16,19H,2-3,5-6,9-15,17H2,1H3,(H,27,32). The van der Waals surface area contributed by atoms with Crippen molar-refractivity contribution in [1.29, 1.82) is 0 Å². The highest BCUT2D eigenvalue weighted by Gasteiger charge is 2.31. The molecule has 0 radical (unpaired) electrons. The molecule has 1 unspecified atom stereocenters. The minimum absolute atomic E-state index is 0.0238. The van der Waals surface area contributed by atoms with Crippen LogP contribution in [0.5, 0.6) is 0 Å². The molecule has 1 aromatic carbocycles. The number of carbonyl (C=O) groups excluding carboxylic acids is 2. The topological polar surface area (TPSA) is 55.9 Å². The number of amides is 2. The highest BCUT2D eigenvalue weighted by Crippen LogP contribution is 2.31. The molecule has 0 bridgehead atoms. The zero-order chi connectivity index (χ0) is 23.1. The number of carbonyl (C=O) groups is 2. The van der Waals surface area contributed by atoms with E-state index in [9.17, 15) is 22.8 Å². The molecular formula is C23H33F3N4O2. The second kappa shape index (κ2) is 11.0. The van der Waals surface area contributed by atoms with E-state index in [1.807, 2.05) is 4.90 Å². The summed E-state index contributed by atoms with van der Waals surface area (Å²) in [5, 5.41) is 3.00. The number of rotatable bonds is 7. The van der Waals surface area contributed by atoms with Crippen molar-refractivity contribution >= 4 is 17.5 Å². The molecule has 0 aliphatic carbocycles. The fourth-order valence-corrected chi connectivity index (χ4v) is 4.40. The van der Waals surface area contributed by atoms with Gasteiger partial charge < -0.3 is 15.1 Å². The second-order valence-corrected chi connectivity index (χ2v) is 8.68. The Morgan fingerprint density at radius 1 is 1.09 bits per heavy atom. The number of alkyl halides is 3. The molecule has 9 heteroatoms. The molecule has 3 rings (SSSR count). The number of hydrogen-bond acceptors (Lipinski definition) is 4. The Bertz CT molecular complexity index is 779. The van der Waals surface area contributed by atoms with Crippen molar-refractivity contribution in [2.45, 2.75) is 38.8 Å². The summed E-state index contributed by atoms with van der Waals surface area (Å²) in [5.74, 6) is -0.0575. The van der Waals surface area contributed by atoms with Gasteiger partial charge in [-0.2, -0.15) is 13.2 Å². The molecule has 0 spiro atoms. The summed E-state index contributed by atoms with van der Waals surface area (Å²) >= 11 is 0. The smallest absolute Gasteiger partial charge is 0.369 e. The molecular weight excluding hydrogens is 421 g/mol. The third-order valence-electron chi connectivity index (χ3n) is 6.35. The normalized spacial score (nSPS) is 20.3. The maximum Gasteiger partial charge on any atom is 0.416 e. The molecule has 2 heterocycles. The Hall–Kier alpha value is -2.29. The van der Waals surface area contributed by atoms with Gasteiger partial charge in [-0.15, -0.1) is 0 Å². The van der Waals surface area contributed by atoms with Crippen LogP contribution in [0.1, 0.15) is 38.2 Å². The molecule has 0 saturated carbocycles. The van der Waals surface area contributed by atoms with Crippen LogP contribution in [-0.4, -0.2) is 74.0 Å². The Kier molecular flexibility index (Phi) is 8.39. The lowest BCUT2D eigenvalue weighted by molar-refractivity contribution is -0.137. The number of unbranched alkanes of at least 4 members (excludes halogenated alkanes) is 1. The van der Waals surface area contributed by atoms with Crippen LogP contribution in [-0.2, 0) is 15.8 Å². The number of likely N-dealkylation sites (tertiary alicyclic amines) is 1. The number of piperazine rings is 1. The van der Waals surface area contributed by atoms with E-state index in [0.29, 0.717) is 31.9 Å². The van der Waals surface area contributed by atoms with Gasteiger partial charge in [-0.3, -0.25) is 14.5 Å². The second-order valence-electron chi connectivity index (χ2n) is 8.68. The van der Waals surface area contributed by atoms with Gasteiger partial charge in [-0.25, -0.2) is 0 Å². The van der Waals surface area contributed by atoms with E-state index in [1.165, 1.54) is 12.1 Å².